The van der Waals surface area contributed by atoms with Gasteiger partial charge in [-0.15, -0.1) is 0 Å². The van der Waals surface area contributed by atoms with Crippen LogP contribution in [0.25, 0.3) is 0 Å². The van der Waals surface area contributed by atoms with E-state index < -0.39 is 41.6 Å². The van der Waals surface area contributed by atoms with Gasteiger partial charge in [0.05, 0.1) is 5.46 Å². The summed E-state index contributed by atoms with van der Waals surface area (Å²) in [5.41, 5.74) is -1.91. The number of fused-ring (bicyclic) bond motifs is 1. The lowest BCUT2D eigenvalue weighted by molar-refractivity contribution is -0.0797. The molecule has 0 radical (unpaired) electrons. The molecule has 2 rings (SSSR count). The Morgan fingerprint density at radius 1 is 1.22 bits per heavy atom. The Bertz CT molecular complexity index is 564. The fourth-order valence-electron chi connectivity index (χ4n) is 3.32. The number of benzene rings is 1. The van der Waals surface area contributed by atoms with Gasteiger partial charge >= 0.3 is 7.12 Å². The SMILES string of the molecule is CCCCCCC1CCc2c(cc(F)c(B(O)O)c2F)C1(F)F. The van der Waals surface area contributed by atoms with Crippen molar-refractivity contribution in [1.29, 1.82) is 0 Å². The summed E-state index contributed by atoms with van der Waals surface area (Å²) in [6, 6.07) is 0.561. The van der Waals surface area contributed by atoms with Crippen molar-refractivity contribution in [3.63, 3.8) is 0 Å². The molecule has 0 aliphatic heterocycles. The second kappa shape index (κ2) is 7.22. The normalized spacial score (nSPS) is 19.5. The third-order valence-corrected chi connectivity index (χ3v) is 4.63. The molecule has 0 aromatic heterocycles. The molecule has 0 heterocycles. The van der Waals surface area contributed by atoms with Crippen LogP contribution in [0.15, 0.2) is 6.07 Å². The summed E-state index contributed by atoms with van der Waals surface area (Å²) in [6.45, 7) is 2.03. The van der Waals surface area contributed by atoms with Gasteiger partial charge in [-0.1, -0.05) is 32.6 Å². The molecule has 1 atom stereocenters. The number of unbranched alkanes of at least 4 members (excludes halogenated alkanes) is 3. The number of alkyl halides is 2. The van der Waals surface area contributed by atoms with E-state index in [0.29, 0.717) is 18.9 Å². The van der Waals surface area contributed by atoms with Crippen molar-refractivity contribution < 1.29 is 27.6 Å². The zero-order chi connectivity index (χ0) is 17.2. The zero-order valence-electron chi connectivity index (χ0n) is 13.1. The van der Waals surface area contributed by atoms with E-state index in [9.17, 15) is 17.6 Å². The Labute approximate surface area is 133 Å². The number of rotatable bonds is 6. The molecule has 2 N–H and O–H groups in total. The molecule has 7 heteroatoms. The van der Waals surface area contributed by atoms with Crippen LogP contribution in [0, 0.1) is 17.6 Å². The first-order chi connectivity index (χ1) is 10.8. The highest BCUT2D eigenvalue weighted by atomic mass is 19.3. The molecule has 0 fully saturated rings. The number of hydrogen-bond acceptors (Lipinski definition) is 2. The summed E-state index contributed by atoms with van der Waals surface area (Å²) in [5.74, 6) is -6.85. The van der Waals surface area contributed by atoms with Gasteiger partial charge in [-0.2, -0.15) is 0 Å². The molecular weight excluding hydrogens is 311 g/mol. The Morgan fingerprint density at radius 2 is 1.91 bits per heavy atom. The van der Waals surface area contributed by atoms with Gasteiger partial charge in [0.2, 0.25) is 0 Å². The van der Waals surface area contributed by atoms with Crippen LogP contribution in [0.4, 0.5) is 17.6 Å². The first kappa shape index (κ1) is 18.3. The van der Waals surface area contributed by atoms with Crippen LogP contribution in [-0.4, -0.2) is 17.2 Å². The summed E-state index contributed by atoms with van der Waals surface area (Å²) in [4.78, 5) is 0. The summed E-state index contributed by atoms with van der Waals surface area (Å²) in [7, 11) is -2.36. The predicted molar refractivity (Wildman–Crippen MR) is 80.6 cm³/mol. The molecule has 0 bridgehead atoms. The molecule has 23 heavy (non-hydrogen) atoms. The molecule has 0 saturated heterocycles. The molecule has 128 valence electrons. The van der Waals surface area contributed by atoms with Gasteiger partial charge < -0.3 is 10.0 Å². The van der Waals surface area contributed by atoms with Gasteiger partial charge in [0, 0.05) is 11.5 Å². The molecule has 2 nitrogen and oxygen atoms in total. The van der Waals surface area contributed by atoms with E-state index in [0.717, 1.165) is 19.3 Å². The molecule has 1 aliphatic rings. The molecule has 0 saturated carbocycles. The fourth-order valence-corrected chi connectivity index (χ4v) is 3.32. The van der Waals surface area contributed by atoms with Gasteiger partial charge in [-0.05, 0) is 30.9 Å². The summed E-state index contributed by atoms with van der Waals surface area (Å²) in [6.07, 6.45) is 4.00. The minimum Gasteiger partial charge on any atom is -0.423 e. The molecule has 1 aromatic rings. The van der Waals surface area contributed by atoms with Crippen LogP contribution in [0.1, 0.15) is 56.6 Å². The van der Waals surface area contributed by atoms with Crippen LogP contribution in [0.3, 0.4) is 0 Å². The van der Waals surface area contributed by atoms with Gasteiger partial charge in [0.25, 0.3) is 5.92 Å². The van der Waals surface area contributed by atoms with Crippen molar-refractivity contribution >= 4 is 12.6 Å². The first-order valence-electron chi connectivity index (χ1n) is 8.05. The summed E-state index contributed by atoms with van der Waals surface area (Å²) >= 11 is 0. The largest absolute Gasteiger partial charge is 0.494 e. The van der Waals surface area contributed by atoms with Crippen LogP contribution in [-0.2, 0) is 12.3 Å². The number of hydrogen-bond donors (Lipinski definition) is 2. The highest BCUT2D eigenvalue weighted by Gasteiger charge is 2.47. The van der Waals surface area contributed by atoms with E-state index in [1.54, 1.807) is 0 Å². The number of halogens is 4. The van der Waals surface area contributed by atoms with Gasteiger partial charge in [0.1, 0.15) is 11.6 Å². The van der Waals surface area contributed by atoms with Gasteiger partial charge in [-0.3, -0.25) is 0 Å². The lowest BCUT2D eigenvalue weighted by atomic mass is 9.72. The van der Waals surface area contributed by atoms with Crippen LogP contribution in [0.5, 0.6) is 0 Å². The van der Waals surface area contributed by atoms with Crippen molar-refractivity contribution in [2.45, 2.75) is 57.8 Å². The van der Waals surface area contributed by atoms with E-state index in [1.165, 1.54) is 0 Å². The third-order valence-electron chi connectivity index (χ3n) is 4.63. The van der Waals surface area contributed by atoms with E-state index in [-0.39, 0.29) is 18.4 Å². The Morgan fingerprint density at radius 3 is 2.52 bits per heavy atom. The highest BCUT2D eigenvalue weighted by molar-refractivity contribution is 6.58. The molecular formula is C16H21BF4O2. The monoisotopic (exact) mass is 332 g/mol. The van der Waals surface area contributed by atoms with E-state index in [2.05, 4.69) is 0 Å². The van der Waals surface area contributed by atoms with Crippen molar-refractivity contribution in [3.8, 4) is 0 Å². The molecule has 1 aromatic carbocycles. The minimum atomic E-state index is -3.31. The second-order valence-electron chi connectivity index (χ2n) is 6.19. The molecule has 0 spiro atoms. The maximum absolute atomic E-state index is 14.6. The van der Waals surface area contributed by atoms with Gasteiger partial charge in [0.15, 0.2) is 0 Å². The standard InChI is InChI=1S/C16H21BF4O2/c1-2-3-4-5-6-10-7-8-11-12(16(10,20)21)9-13(18)14(15(11)19)17(22)23/h9-10,22-23H,2-8H2,1H3. The van der Waals surface area contributed by atoms with Crippen molar-refractivity contribution in [2.75, 3.05) is 0 Å². The predicted octanol–water partition coefficient (Wildman–Crippen LogP) is 3.27. The average molecular weight is 332 g/mol. The van der Waals surface area contributed by atoms with Crippen LogP contribution < -0.4 is 5.46 Å². The maximum atomic E-state index is 14.6. The Balaban J connectivity index is 2.29. The Kier molecular flexibility index (Phi) is 5.73. The lowest BCUT2D eigenvalue weighted by Gasteiger charge is -2.34. The lowest BCUT2D eigenvalue weighted by Crippen LogP contribution is -2.40. The average Bonchev–Trinajstić information content (AvgIpc) is 2.46. The van der Waals surface area contributed by atoms with Crippen molar-refractivity contribution in [1.82, 2.24) is 0 Å². The topological polar surface area (TPSA) is 40.5 Å². The fraction of sp³-hybridized carbons (Fsp3) is 0.625. The van der Waals surface area contributed by atoms with Crippen LogP contribution in [0.2, 0.25) is 0 Å². The minimum absolute atomic E-state index is 0.0508. The van der Waals surface area contributed by atoms with E-state index in [4.69, 9.17) is 10.0 Å². The van der Waals surface area contributed by atoms with E-state index >= 15 is 0 Å². The van der Waals surface area contributed by atoms with Gasteiger partial charge in [-0.25, -0.2) is 17.6 Å². The molecule has 0 amide bonds. The second-order valence-corrected chi connectivity index (χ2v) is 6.19. The third kappa shape index (κ3) is 3.55. The van der Waals surface area contributed by atoms with Crippen molar-refractivity contribution in [3.05, 3.63) is 28.8 Å². The highest BCUT2D eigenvalue weighted by Crippen LogP contribution is 2.47. The first-order valence-corrected chi connectivity index (χ1v) is 8.05. The molecule has 1 unspecified atom stereocenters. The van der Waals surface area contributed by atoms with E-state index in [1.807, 2.05) is 6.92 Å². The quantitative estimate of drug-likeness (QED) is 0.477. The summed E-state index contributed by atoms with van der Waals surface area (Å²) in [5, 5.41) is 18.0. The summed E-state index contributed by atoms with van der Waals surface area (Å²) < 4.78 is 57.2. The van der Waals surface area contributed by atoms with Crippen molar-refractivity contribution in [2.24, 2.45) is 5.92 Å². The smallest absolute Gasteiger partial charge is 0.423 e. The Hall–Kier alpha value is -1.08. The zero-order valence-corrected chi connectivity index (χ0v) is 13.1. The molecule has 1 aliphatic carbocycles. The maximum Gasteiger partial charge on any atom is 0.494 e. The van der Waals surface area contributed by atoms with Crippen LogP contribution >= 0.6 is 0 Å².